The van der Waals surface area contributed by atoms with Crippen LogP contribution in [-0.2, 0) is 6.61 Å². The maximum atomic E-state index is 14.0. The van der Waals surface area contributed by atoms with Gasteiger partial charge in [0.2, 0.25) is 0 Å². The van der Waals surface area contributed by atoms with Crippen molar-refractivity contribution in [3.05, 3.63) is 103 Å². The van der Waals surface area contributed by atoms with Gasteiger partial charge in [0.25, 0.3) is 5.56 Å². The van der Waals surface area contributed by atoms with Gasteiger partial charge in [-0.3, -0.25) is 4.79 Å². The van der Waals surface area contributed by atoms with Gasteiger partial charge in [0.15, 0.2) is 0 Å². The van der Waals surface area contributed by atoms with E-state index >= 15 is 0 Å². The molecule has 0 radical (unpaired) electrons. The zero-order valence-corrected chi connectivity index (χ0v) is 21.0. The highest BCUT2D eigenvalue weighted by molar-refractivity contribution is 9.10. The molecule has 34 heavy (non-hydrogen) atoms. The van der Waals surface area contributed by atoms with Crippen LogP contribution in [0.25, 0.3) is 10.9 Å². The summed E-state index contributed by atoms with van der Waals surface area (Å²) in [5.74, 6) is 0.694. The lowest BCUT2D eigenvalue weighted by molar-refractivity contribution is 0.299. The van der Waals surface area contributed by atoms with Crippen molar-refractivity contribution in [2.24, 2.45) is 5.10 Å². The van der Waals surface area contributed by atoms with Gasteiger partial charge in [0.1, 0.15) is 24.0 Å². The molecule has 4 aromatic rings. The van der Waals surface area contributed by atoms with Gasteiger partial charge in [-0.05, 0) is 48.9 Å². The molecule has 0 saturated heterocycles. The van der Waals surface area contributed by atoms with Crippen LogP contribution in [0.3, 0.4) is 0 Å². The summed E-state index contributed by atoms with van der Waals surface area (Å²) in [7, 11) is 0. The number of nitrogens with zero attached hydrogens (tertiary/aromatic N) is 3. The lowest BCUT2D eigenvalue weighted by Crippen LogP contribution is -2.23. The molecule has 0 fully saturated rings. The van der Waals surface area contributed by atoms with Gasteiger partial charge in [-0.2, -0.15) is 9.78 Å². The molecular formula is C26H22BrClFN3O2. The minimum absolute atomic E-state index is 0.00837. The first-order valence-corrected chi connectivity index (χ1v) is 12.0. The molecule has 3 aromatic carbocycles. The molecule has 1 atom stereocenters. The summed E-state index contributed by atoms with van der Waals surface area (Å²) in [6.07, 6.45) is 2.31. The van der Waals surface area contributed by atoms with Crippen molar-refractivity contribution < 1.29 is 9.13 Å². The highest BCUT2D eigenvalue weighted by atomic mass is 79.9. The van der Waals surface area contributed by atoms with Crippen molar-refractivity contribution in [3.8, 4) is 5.75 Å². The molecule has 0 aliphatic rings. The number of benzene rings is 3. The maximum absolute atomic E-state index is 14.0. The number of halogens is 3. The number of fused-ring (bicyclic) bond motifs is 1. The molecule has 174 valence electrons. The van der Waals surface area contributed by atoms with E-state index in [0.717, 1.165) is 10.9 Å². The topological polar surface area (TPSA) is 56.5 Å². The van der Waals surface area contributed by atoms with Crippen molar-refractivity contribution in [2.45, 2.75) is 32.8 Å². The second-order valence-corrected chi connectivity index (χ2v) is 9.22. The van der Waals surface area contributed by atoms with Crippen LogP contribution in [0.4, 0.5) is 4.39 Å². The van der Waals surface area contributed by atoms with Crippen molar-refractivity contribution in [1.82, 2.24) is 9.66 Å². The molecule has 1 heterocycles. The minimum Gasteiger partial charge on any atom is -0.488 e. The first-order valence-electron chi connectivity index (χ1n) is 10.8. The van der Waals surface area contributed by atoms with Gasteiger partial charge in [0.05, 0.1) is 17.1 Å². The van der Waals surface area contributed by atoms with Gasteiger partial charge in [-0.25, -0.2) is 9.37 Å². The average Bonchev–Trinajstić information content (AvgIpc) is 2.83. The standard InChI is InChI=1S/C26H22BrClFN3O2/c1-3-16(2)25-31-23-10-8-19(27)13-21(23)26(33)32(25)30-14-18-12-20(28)9-11-24(18)34-15-17-6-4-5-7-22(17)29/h4-14,16H,3,15H2,1-2H3/t16-/m1/s1. The Bertz CT molecular complexity index is 1440. The van der Waals surface area contributed by atoms with Gasteiger partial charge in [-0.1, -0.05) is 59.6 Å². The van der Waals surface area contributed by atoms with Gasteiger partial charge in [-0.15, -0.1) is 0 Å². The van der Waals surface area contributed by atoms with E-state index in [4.69, 9.17) is 21.3 Å². The first kappa shape index (κ1) is 24.1. The summed E-state index contributed by atoms with van der Waals surface area (Å²) < 4.78 is 22.0. The fourth-order valence-corrected chi connectivity index (χ4v) is 3.96. The number of rotatable bonds is 7. The van der Waals surface area contributed by atoms with Crippen LogP contribution >= 0.6 is 27.5 Å². The normalized spacial score (nSPS) is 12.4. The van der Waals surface area contributed by atoms with E-state index in [-0.39, 0.29) is 23.9 Å². The molecule has 0 unspecified atom stereocenters. The zero-order chi connectivity index (χ0) is 24.2. The smallest absolute Gasteiger partial charge is 0.282 e. The Hall–Kier alpha value is -3.03. The summed E-state index contributed by atoms with van der Waals surface area (Å²) in [5, 5.41) is 5.43. The summed E-state index contributed by atoms with van der Waals surface area (Å²) in [6, 6.07) is 16.9. The lowest BCUT2D eigenvalue weighted by atomic mass is 10.1. The minimum atomic E-state index is -0.343. The van der Waals surface area contributed by atoms with Crippen LogP contribution in [0.15, 0.2) is 75.0 Å². The molecule has 4 rings (SSSR count). The van der Waals surface area contributed by atoms with Crippen LogP contribution in [0, 0.1) is 5.82 Å². The molecule has 0 aliphatic heterocycles. The summed E-state index contributed by atoms with van der Waals surface area (Å²) in [5.41, 5.74) is 1.33. The summed E-state index contributed by atoms with van der Waals surface area (Å²) in [4.78, 5) is 18.0. The second-order valence-electron chi connectivity index (χ2n) is 7.86. The highest BCUT2D eigenvalue weighted by Crippen LogP contribution is 2.24. The zero-order valence-electron chi connectivity index (χ0n) is 18.6. The van der Waals surface area contributed by atoms with E-state index in [9.17, 15) is 9.18 Å². The third-order valence-electron chi connectivity index (χ3n) is 5.51. The molecule has 0 aliphatic carbocycles. The third kappa shape index (κ3) is 5.21. The molecule has 0 N–H and O–H groups in total. The number of hydrogen-bond donors (Lipinski definition) is 0. The highest BCUT2D eigenvalue weighted by Gasteiger charge is 2.16. The van der Waals surface area contributed by atoms with E-state index in [0.29, 0.717) is 38.6 Å². The Balaban J connectivity index is 1.75. The van der Waals surface area contributed by atoms with Crippen LogP contribution < -0.4 is 10.3 Å². The van der Waals surface area contributed by atoms with Gasteiger partial charge in [0, 0.05) is 26.5 Å². The summed E-state index contributed by atoms with van der Waals surface area (Å²) >= 11 is 9.62. The molecule has 8 heteroatoms. The van der Waals surface area contributed by atoms with Gasteiger partial charge >= 0.3 is 0 Å². The largest absolute Gasteiger partial charge is 0.488 e. The average molecular weight is 543 g/mol. The van der Waals surface area contributed by atoms with Crippen molar-refractivity contribution in [1.29, 1.82) is 0 Å². The number of ether oxygens (including phenoxy) is 1. The van der Waals surface area contributed by atoms with Crippen molar-refractivity contribution in [3.63, 3.8) is 0 Å². The van der Waals surface area contributed by atoms with Crippen LogP contribution in [-0.4, -0.2) is 15.9 Å². The Labute approximate surface area is 210 Å². The van der Waals surface area contributed by atoms with Crippen LogP contribution in [0.5, 0.6) is 5.75 Å². The van der Waals surface area contributed by atoms with E-state index in [1.54, 1.807) is 42.5 Å². The maximum Gasteiger partial charge on any atom is 0.282 e. The predicted octanol–water partition coefficient (Wildman–Crippen LogP) is 6.93. The Morgan fingerprint density at radius 1 is 1.21 bits per heavy atom. The Morgan fingerprint density at radius 3 is 2.76 bits per heavy atom. The van der Waals surface area contributed by atoms with Crippen LogP contribution in [0.2, 0.25) is 5.02 Å². The molecular weight excluding hydrogens is 521 g/mol. The number of aromatic nitrogens is 2. The Morgan fingerprint density at radius 2 is 2.00 bits per heavy atom. The van der Waals surface area contributed by atoms with Gasteiger partial charge < -0.3 is 4.74 Å². The SMILES string of the molecule is CC[C@@H](C)c1nc2ccc(Br)cc2c(=O)n1N=Cc1cc(Cl)ccc1OCc1ccccc1F. The monoisotopic (exact) mass is 541 g/mol. The van der Waals surface area contributed by atoms with E-state index in [1.165, 1.54) is 17.0 Å². The fraction of sp³-hybridized carbons (Fsp3) is 0.192. The predicted molar refractivity (Wildman–Crippen MR) is 138 cm³/mol. The van der Waals surface area contributed by atoms with Crippen molar-refractivity contribution >= 4 is 44.6 Å². The van der Waals surface area contributed by atoms with Crippen LogP contribution in [0.1, 0.15) is 43.1 Å². The molecule has 5 nitrogen and oxygen atoms in total. The van der Waals surface area contributed by atoms with E-state index in [2.05, 4.69) is 21.0 Å². The van der Waals surface area contributed by atoms with E-state index < -0.39 is 0 Å². The number of hydrogen-bond acceptors (Lipinski definition) is 4. The fourth-order valence-electron chi connectivity index (χ4n) is 3.42. The first-order chi connectivity index (χ1) is 16.4. The molecule has 0 bridgehead atoms. The molecule has 0 amide bonds. The molecule has 1 aromatic heterocycles. The summed E-state index contributed by atoms with van der Waals surface area (Å²) in [6.45, 7) is 4.07. The third-order valence-corrected chi connectivity index (χ3v) is 6.24. The molecule has 0 spiro atoms. The second kappa shape index (κ2) is 10.5. The van der Waals surface area contributed by atoms with Crippen molar-refractivity contribution in [2.75, 3.05) is 0 Å². The lowest BCUT2D eigenvalue weighted by Gasteiger charge is -2.14. The quantitative estimate of drug-likeness (QED) is 0.238. The Kier molecular flexibility index (Phi) is 7.44. The molecule has 0 saturated carbocycles. The van der Waals surface area contributed by atoms with E-state index in [1.807, 2.05) is 26.0 Å².